The molecule has 0 saturated heterocycles. The zero-order chi connectivity index (χ0) is 13.9. The molecule has 3 nitrogen and oxygen atoms in total. The van der Waals surface area contributed by atoms with E-state index in [4.69, 9.17) is 5.11 Å². The fourth-order valence-corrected chi connectivity index (χ4v) is 2.75. The molecule has 3 heteroatoms. The average Bonchev–Trinajstić information content (AvgIpc) is 2.74. The minimum absolute atomic E-state index is 0.199. The number of carbonyl (C=O) groups is 1. The Morgan fingerprint density at radius 3 is 2.79 bits per heavy atom. The van der Waals surface area contributed by atoms with E-state index in [1.54, 1.807) is 0 Å². The SMILES string of the molecule is CC(C)(CNCc1ccc2c(c1)CCC2)CC(=O)O. The van der Waals surface area contributed by atoms with Gasteiger partial charge in [-0.25, -0.2) is 0 Å². The summed E-state index contributed by atoms with van der Waals surface area (Å²) < 4.78 is 0. The maximum atomic E-state index is 10.7. The molecule has 0 spiro atoms. The van der Waals surface area contributed by atoms with Crippen molar-refractivity contribution in [2.24, 2.45) is 5.41 Å². The molecule has 0 fully saturated rings. The van der Waals surface area contributed by atoms with Gasteiger partial charge in [-0.1, -0.05) is 32.0 Å². The van der Waals surface area contributed by atoms with Crippen LogP contribution in [0.5, 0.6) is 0 Å². The lowest BCUT2D eigenvalue weighted by atomic mass is 9.89. The van der Waals surface area contributed by atoms with Crippen molar-refractivity contribution in [3.05, 3.63) is 34.9 Å². The second-order valence-electron chi connectivity index (χ2n) is 6.29. The van der Waals surface area contributed by atoms with Crippen LogP contribution >= 0.6 is 0 Å². The molecule has 0 saturated carbocycles. The van der Waals surface area contributed by atoms with Gasteiger partial charge in [-0.3, -0.25) is 4.79 Å². The summed E-state index contributed by atoms with van der Waals surface area (Å²) in [4.78, 5) is 10.7. The average molecular weight is 261 g/mol. The molecule has 1 aromatic carbocycles. The number of nitrogens with one attached hydrogen (secondary N) is 1. The van der Waals surface area contributed by atoms with Crippen molar-refractivity contribution in [3.8, 4) is 0 Å². The maximum Gasteiger partial charge on any atom is 0.303 e. The van der Waals surface area contributed by atoms with E-state index in [-0.39, 0.29) is 11.8 Å². The molecule has 0 amide bonds. The monoisotopic (exact) mass is 261 g/mol. The summed E-state index contributed by atoms with van der Waals surface area (Å²) in [6.07, 6.45) is 3.89. The molecule has 2 N–H and O–H groups in total. The van der Waals surface area contributed by atoms with Crippen LogP contribution in [0.15, 0.2) is 18.2 Å². The first-order chi connectivity index (χ1) is 8.96. The van der Waals surface area contributed by atoms with E-state index in [2.05, 4.69) is 23.5 Å². The van der Waals surface area contributed by atoms with Crippen LogP contribution in [0, 0.1) is 5.41 Å². The lowest BCUT2D eigenvalue weighted by molar-refractivity contribution is -0.139. The number of aliphatic carboxylic acids is 1. The van der Waals surface area contributed by atoms with Crippen molar-refractivity contribution in [2.45, 2.75) is 46.1 Å². The van der Waals surface area contributed by atoms with E-state index in [1.807, 2.05) is 13.8 Å². The summed E-state index contributed by atoms with van der Waals surface area (Å²) in [7, 11) is 0. The van der Waals surface area contributed by atoms with E-state index >= 15 is 0 Å². The highest BCUT2D eigenvalue weighted by Crippen LogP contribution is 2.23. The van der Waals surface area contributed by atoms with Crippen molar-refractivity contribution < 1.29 is 9.90 Å². The molecule has 1 aliphatic rings. The molecule has 2 rings (SSSR count). The van der Waals surface area contributed by atoms with Gasteiger partial charge in [-0.2, -0.15) is 0 Å². The van der Waals surface area contributed by atoms with Crippen LogP contribution in [-0.4, -0.2) is 17.6 Å². The molecule has 19 heavy (non-hydrogen) atoms. The Kier molecular flexibility index (Phi) is 4.25. The smallest absolute Gasteiger partial charge is 0.303 e. The number of carboxylic acids is 1. The molecular formula is C16H23NO2. The standard InChI is InChI=1S/C16H23NO2/c1-16(2,9-15(18)19)11-17-10-12-6-7-13-4-3-5-14(13)8-12/h6-8,17H,3-5,9-11H2,1-2H3,(H,18,19). The molecule has 104 valence electrons. The lowest BCUT2D eigenvalue weighted by Gasteiger charge is -2.22. The number of fused-ring (bicyclic) bond motifs is 1. The number of aryl methyl sites for hydroxylation is 2. The Morgan fingerprint density at radius 2 is 2.05 bits per heavy atom. The summed E-state index contributed by atoms with van der Waals surface area (Å²) in [6.45, 7) is 5.50. The largest absolute Gasteiger partial charge is 0.481 e. The van der Waals surface area contributed by atoms with Crippen LogP contribution in [0.1, 0.15) is 43.4 Å². The Hall–Kier alpha value is -1.35. The van der Waals surface area contributed by atoms with E-state index < -0.39 is 5.97 Å². The normalized spacial score (nSPS) is 14.4. The van der Waals surface area contributed by atoms with Gasteiger partial charge in [0.2, 0.25) is 0 Å². The fourth-order valence-electron chi connectivity index (χ4n) is 2.75. The van der Waals surface area contributed by atoms with Crippen LogP contribution in [0.2, 0.25) is 0 Å². The summed E-state index contributed by atoms with van der Waals surface area (Å²) in [5, 5.41) is 12.2. The number of benzene rings is 1. The van der Waals surface area contributed by atoms with Gasteiger partial charge in [0, 0.05) is 13.1 Å². The minimum atomic E-state index is -0.732. The summed E-state index contributed by atoms with van der Waals surface area (Å²) in [5.41, 5.74) is 4.08. The Morgan fingerprint density at radius 1 is 1.32 bits per heavy atom. The molecule has 0 unspecified atom stereocenters. The third-order valence-electron chi connectivity index (χ3n) is 3.73. The first kappa shape index (κ1) is 14.1. The molecule has 1 aromatic rings. The minimum Gasteiger partial charge on any atom is -0.481 e. The number of carboxylic acid groups (broad SMARTS) is 1. The highest BCUT2D eigenvalue weighted by atomic mass is 16.4. The van der Waals surface area contributed by atoms with E-state index in [1.165, 1.54) is 36.0 Å². The second kappa shape index (κ2) is 5.74. The predicted octanol–water partition coefficient (Wildman–Crippen LogP) is 2.77. The van der Waals surface area contributed by atoms with Crippen molar-refractivity contribution in [2.75, 3.05) is 6.54 Å². The fraction of sp³-hybridized carbons (Fsp3) is 0.562. The molecule has 0 radical (unpaired) electrons. The van der Waals surface area contributed by atoms with Gasteiger partial charge in [0.15, 0.2) is 0 Å². The number of rotatable bonds is 6. The maximum absolute atomic E-state index is 10.7. The van der Waals surface area contributed by atoms with Gasteiger partial charge in [0.05, 0.1) is 6.42 Å². The third-order valence-corrected chi connectivity index (χ3v) is 3.73. The summed E-state index contributed by atoms with van der Waals surface area (Å²) >= 11 is 0. The quantitative estimate of drug-likeness (QED) is 0.828. The van der Waals surface area contributed by atoms with Crippen LogP contribution in [0.25, 0.3) is 0 Å². The van der Waals surface area contributed by atoms with Gasteiger partial charge in [0.25, 0.3) is 0 Å². The Balaban J connectivity index is 1.84. The summed E-state index contributed by atoms with van der Waals surface area (Å²) in [6, 6.07) is 6.71. The molecule has 0 aromatic heterocycles. The van der Waals surface area contributed by atoms with Gasteiger partial charge in [-0.15, -0.1) is 0 Å². The van der Waals surface area contributed by atoms with Gasteiger partial charge < -0.3 is 10.4 Å². The highest BCUT2D eigenvalue weighted by Gasteiger charge is 2.21. The summed E-state index contributed by atoms with van der Waals surface area (Å²) in [5.74, 6) is -0.732. The third kappa shape index (κ3) is 4.06. The van der Waals surface area contributed by atoms with Gasteiger partial charge in [0.1, 0.15) is 0 Å². The van der Waals surface area contributed by atoms with Crippen LogP contribution in [-0.2, 0) is 24.2 Å². The number of hydrogen-bond acceptors (Lipinski definition) is 2. The van der Waals surface area contributed by atoms with E-state index in [0.29, 0.717) is 0 Å². The predicted molar refractivity (Wildman–Crippen MR) is 76.2 cm³/mol. The first-order valence-electron chi connectivity index (χ1n) is 6.99. The highest BCUT2D eigenvalue weighted by molar-refractivity contribution is 5.67. The zero-order valence-electron chi connectivity index (χ0n) is 11.8. The second-order valence-corrected chi connectivity index (χ2v) is 6.29. The lowest BCUT2D eigenvalue weighted by Crippen LogP contribution is -2.31. The molecule has 1 aliphatic carbocycles. The van der Waals surface area contributed by atoms with Gasteiger partial charge >= 0.3 is 5.97 Å². The van der Waals surface area contributed by atoms with Gasteiger partial charge in [-0.05, 0) is 41.4 Å². The van der Waals surface area contributed by atoms with E-state index in [9.17, 15) is 4.79 Å². The topological polar surface area (TPSA) is 49.3 Å². The van der Waals surface area contributed by atoms with E-state index in [0.717, 1.165) is 13.1 Å². The van der Waals surface area contributed by atoms with Crippen LogP contribution in [0.3, 0.4) is 0 Å². The Bertz CT molecular complexity index is 466. The van der Waals surface area contributed by atoms with Crippen molar-refractivity contribution >= 4 is 5.97 Å². The van der Waals surface area contributed by atoms with Crippen LogP contribution in [0.4, 0.5) is 0 Å². The zero-order valence-corrected chi connectivity index (χ0v) is 11.8. The first-order valence-corrected chi connectivity index (χ1v) is 6.99. The Labute approximate surface area is 115 Å². The molecule has 0 atom stereocenters. The molecule has 0 aliphatic heterocycles. The van der Waals surface area contributed by atoms with Crippen molar-refractivity contribution in [1.82, 2.24) is 5.32 Å². The van der Waals surface area contributed by atoms with Crippen molar-refractivity contribution in [1.29, 1.82) is 0 Å². The van der Waals surface area contributed by atoms with Crippen molar-refractivity contribution in [3.63, 3.8) is 0 Å². The molecule has 0 heterocycles. The molecule has 0 bridgehead atoms. The molecular weight excluding hydrogens is 238 g/mol. The van der Waals surface area contributed by atoms with Crippen LogP contribution < -0.4 is 5.32 Å². The number of hydrogen-bond donors (Lipinski definition) is 2.